The molecule has 0 radical (unpaired) electrons. The van der Waals surface area contributed by atoms with E-state index in [1.165, 1.54) is 6.42 Å². The average Bonchev–Trinajstić information content (AvgIpc) is 2.61. The lowest BCUT2D eigenvalue weighted by Gasteiger charge is -2.30. The molecule has 2 nitrogen and oxygen atoms in total. The minimum absolute atomic E-state index is 0.441. The molecule has 1 unspecified atom stereocenters. The minimum Gasteiger partial charge on any atom is -0.243 e. The lowest BCUT2D eigenvalue weighted by atomic mass is 9.81. The summed E-state index contributed by atoms with van der Waals surface area (Å²) in [6.45, 7) is 4.54. The highest BCUT2D eigenvalue weighted by atomic mass is 32.2. The number of nitrogens with one attached hydrogen (secondary N) is 1. The number of rotatable bonds is 3. The molecule has 2 aliphatic rings. The summed E-state index contributed by atoms with van der Waals surface area (Å²) in [7, 11) is -0.878. The van der Waals surface area contributed by atoms with E-state index < -0.39 is 11.0 Å². The van der Waals surface area contributed by atoms with Crippen LogP contribution in [-0.2, 0) is 11.0 Å². The first-order chi connectivity index (χ1) is 6.59. The lowest BCUT2D eigenvalue weighted by molar-refractivity contribution is 0.282. The molecule has 2 bridgehead atoms. The van der Waals surface area contributed by atoms with Crippen molar-refractivity contribution in [2.75, 3.05) is 6.26 Å². The van der Waals surface area contributed by atoms with Crippen molar-refractivity contribution in [1.29, 1.82) is 0 Å². The summed E-state index contributed by atoms with van der Waals surface area (Å²) < 4.78 is 14.4. The van der Waals surface area contributed by atoms with E-state index in [9.17, 15) is 4.21 Å². The normalized spacial score (nSPS) is 42.3. The van der Waals surface area contributed by atoms with Crippen molar-refractivity contribution in [3.63, 3.8) is 0 Å². The van der Waals surface area contributed by atoms with Gasteiger partial charge >= 0.3 is 0 Å². The average molecular weight is 213 g/mol. The molecular weight excluding hydrogens is 194 g/mol. The van der Waals surface area contributed by atoms with E-state index in [4.69, 9.17) is 0 Å². The van der Waals surface area contributed by atoms with Crippen LogP contribution in [0.3, 0.4) is 0 Å². The minimum atomic E-state index is -0.878. The summed E-state index contributed by atoms with van der Waals surface area (Å²) in [5.41, 5.74) is 0. The van der Waals surface area contributed by atoms with Crippen molar-refractivity contribution in [3.05, 3.63) is 12.2 Å². The Bertz CT molecular complexity index is 274. The van der Waals surface area contributed by atoms with Gasteiger partial charge in [0.15, 0.2) is 0 Å². The smallest absolute Gasteiger partial charge is 0.0886 e. The molecule has 0 amide bonds. The predicted octanol–water partition coefficient (Wildman–Crippen LogP) is 1.72. The fraction of sp³-hybridized carbons (Fsp3) is 0.818. The molecule has 80 valence electrons. The molecule has 0 aromatic carbocycles. The zero-order valence-corrected chi connectivity index (χ0v) is 9.88. The van der Waals surface area contributed by atoms with E-state index in [0.29, 0.717) is 23.8 Å². The van der Waals surface area contributed by atoms with E-state index in [1.807, 2.05) is 0 Å². The Morgan fingerprint density at radius 1 is 1.36 bits per heavy atom. The third-order valence-electron chi connectivity index (χ3n) is 3.59. The highest BCUT2D eigenvalue weighted by Crippen LogP contribution is 2.46. The molecule has 0 heterocycles. The molecule has 14 heavy (non-hydrogen) atoms. The Balaban J connectivity index is 2.14. The Morgan fingerprint density at radius 2 is 2.00 bits per heavy atom. The van der Waals surface area contributed by atoms with Crippen molar-refractivity contribution in [2.24, 2.45) is 23.7 Å². The quantitative estimate of drug-likeness (QED) is 0.711. The molecular formula is C11H19NOS. The number of fused-ring (bicyclic) bond motifs is 2. The zero-order valence-electron chi connectivity index (χ0n) is 9.07. The zero-order chi connectivity index (χ0) is 10.3. The first-order valence-electron chi connectivity index (χ1n) is 5.37. The Labute approximate surface area is 88.7 Å². The summed E-state index contributed by atoms with van der Waals surface area (Å²) in [6, 6.07) is 0.441. The molecule has 5 atom stereocenters. The van der Waals surface area contributed by atoms with Crippen LogP contribution < -0.4 is 4.72 Å². The summed E-state index contributed by atoms with van der Waals surface area (Å²) in [5, 5.41) is 0. The van der Waals surface area contributed by atoms with Gasteiger partial charge in [0.2, 0.25) is 0 Å². The molecule has 1 saturated carbocycles. The van der Waals surface area contributed by atoms with Crippen LogP contribution in [0.5, 0.6) is 0 Å². The molecule has 1 fully saturated rings. The highest BCUT2D eigenvalue weighted by Gasteiger charge is 2.45. The van der Waals surface area contributed by atoms with Crippen LogP contribution in [0.15, 0.2) is 12.2 Å². The van der Waals surface area contributed by atoms with Gasteiger partial charge < -0.3 is 0 Å². The number of allylic oxidation sites excluding steroid dienone is 1. The van der Waals surface area contributed by atoms with Crippen molar-refractivity contribution in [1.82, 2.24) is 4.72 Å². The topological polar surface area (TPSA) is 29.1 Å². The Kier molecular flexibility index (Phi) is 2.80. The largest absolute Gasteiger partial charge is 0.243 e. The summed E-state index contributed by atoms with van der Waals surface area (Å²) >= 11 is 0. The maximum atomic E-state index is 11.2. The highest BCUT2D eigenvalue weighted by molar-refractivity contribution is 7.82. The standard InChI is InChI=1S/C11H19NOS/c1-7(2)10-8-4-5-9(6-8)11(10)12-14(3)13/h4-5,7-12H,6H2,1-3H3/t8-,9+,10+,11+,14?/m0/s1. The van der Waals surface area contributed by atoms with E-state index in [1.54, 1.807) is 6.26 Å². The molecule has 0 aliphatic heterocycles. The van der Waals surface area contributed by atoms with Crippen LogP contribution in [-0.4, -0.2) is 16.5 Å². The molecule has 0 spiro atoms. The third-order valence-corrected chi connectivity index (χ3v) is 4.20. The van der Waals surface area contributed by atoms with Crippen LogP contribution >= 0.6 is 0 Å². The lowest BCUT2D eigenvalue weighted by Crippen LogP contribution is -2.42. The van der Waals surface area contributed by atoms with Gasteiger partial charge in [0.05, 0.1) is 11.0 Å². The Hall–Kier alpha value is -0.150. The van der Waals surface area contributed by atoms with E-state index in [0.717, 1.165) is 5.92 Å². The van der Waals surface area contributed by atoms with Gasteiger partial charge in [0, 0.05) is 12.3 Å². The molecule has 0 aromatic heterocycles. The van der Waals surface area contributed by atoms with Gasteiger partial charge in [0.1, 0.15) is 0 Å². The monoisotopic (exact) mass is 213 g/mol. The maximum Gasteiger partial charge on any atom is 0.0886 e. The molecule has 2 rings (SSSR count). The van der Waals surface area contributed by atoms with Crippen LogP contribution in [0, 0.1) is 23.7 Å². The van der Waals surface area contributed by atoms with Crippen molar-refractivity contribution in [2.45, 2.75) is 26.3 Å². The fourth-order valence-electron chi connectivity index (χ4n) is 3.13. The van der Waals surface area contributed by atoms with Crippen molar-refractivity contribution >= 4 is 11.0 Å². The van der Waals surface area contributed by atoms with Gasteiger partial charge in [-0.15, -0.1) is 0 Å². The van der Waals surface area contributed by atoms with Crippen LogP contribution in [0.25, 0.3) is 0 Å². The van der Waals surface area contributed by atoms with Gasteiger partial charge in [0.25, 0.3) is 0 Å². The fourth-order valence-corrected chi connectivity index (χ4v) is 3.84. The maximum absolute atomic E-state index is 11.2. The first-order valence-corrected chi connectivity index (χ1v) is 6.93. The van der Waals surface area contributed by atoms with Gasteiger partial charge in [-0.2, -0.15) is 0 Å². The van der Waals surface area contributed by atoms with Gasteiger partial charge in [-0.1, -0.05) is 26.0 Å². The molecule has 0 saturated heterocycles. The van der Waals surface area contributed by atoms with Crippen LogP contribution in [0.1, 0.15) is 20.3 Å². The number of hydrogen-bond donors (Lipinski definition) is 1. The second-order valence-electron chi connectivity index (χ2n) is 4.87. The van der Waals surface area contributed by atoms with Crippen molar-refractivity contribution in [3.8, 4) is 0 Å². The summed E-state index contributed by atoms with van der Waals surface area (Å²) in [5.74, 6) is 2.70. The molecule has 0 aromatic rings. The molecule has 2 aliphatic carbocycles. The van der Waals surface area contributed by atoms with Crippen LogP contribution in [0.4, 0.5) is 0 Å². The SMILES string of the molecule is CC(C)[C@H]1[C@H](NS(C)=O)[C@@H]2C=C[C@H]1C2. The summed E-state index contributed by atoms with van der Waals surface area (Å²) in [6.07, 6.45) is 7.64. The first kappa shape index (κ1) is 10.4. The second kappa shape index (κ2) is 3.78. The summed E-state index contributed by atoms with van der Waals surface area (Å²) in [4.78, 5) is 0. The van der Waals surface area contributed by atoms with Gasteiger partial charge in [-0.25, -0.2) is 8.93 Å². The van der Waals surface area contributed by atoms with Crippen molar-refractivity contribution < 1.29 is 4.21 Å². The van der Waals surface area contributed by atoms with Gasteiger partial charge in [-0.3, -0.25) is 0 Å². The van der Waals surface area contributed by atoms with Gasteiger partial charge in [-0.05, 0) is 30.1 Å². The number of hydrogen-bond acceptors (Lipinski definition) is 1. The molecule has 3 heteroatoms. The van der Waals surface area contributed by atoms with Crippen LogP contribution in [0.2, 0.25) is 0 Å². The van der Waals surface area contributed by atoms with E-state index >= 15 is 0 Å². The third kappa shape index (κ3) is 1.68. The predicted molar refractivity (Wildman–Crippen MR) is 60.1 cm³/mol. The second-order valence-corrected chi connectivity index (χ2v) is 6.01. The van der Waals surface area contributed by atoms with E-state index in [-0.39, 0.29) is 0 Å². The molecule has 1 N–H and O–H groups in total. The van der Waals surface area contributed by atoms with E-state index in [2.05, 4.69) is 30.7 Å². The Morgan fingerprint density at radius 3 is 2.57 bits per heavy atom.